The van der Waals surface area contributed by atoms with Crippen LogP contribution in [0.15, 0.2) is 16.7 Å². The molecule has 0 aliphatic rings. The van der Waals surface area contributed by atoms with Gasteiger partial charge < -0.3 is 9.73 Å². The van der Waals surface area contributed by atoms with E-state index in [1.165, 1.54) is 0 Å². The third-order valence-electron chi connectivity index (χ3n) is 2.73. The van der Waals surface area contributed by atoms with Crippen LogP contribution in [0.4, 0.5) is 0 Å². The van der Waals surface area contributed by atoms with E-state index in [9.17, 15) is 4.79 Å². The molecule has 1 aromatic rings. The summed E-state index contributed by atoms with van der Waals surface area (Å²) in [5.74, 6) is 1.39. The second-order valence-electron chi connectivity index (χ2n) is 4.27. The third kappa shape index (κ3) is 4.54. The number of hydrogen-bond donors (Lipinski definition) is 1. The van der Waals surface area contributed by atoms with Crippen molar-refractivity contribution in [2.75, 3.05) is 11.9 Å². The van der Waals surface area contributed by atoms with Crippen LogP contribution in [-0.4, -0.2) is 17.8 Å². The van der Waals surface area contributed by atoms with Crippen molar-refractivity contribution in [2.45, 2.75) is 33.1 Å². The summed E-state index contributed by atoms with van der Waals surface area (Å²) in [7, 11) is 0. The number of aryl methyl sites for hydroxylation is 1. The summed E-state index contributed by atoms with van der Waals surface area (Å²) >= 11 is 3.45. The molecule has 0 saturated heterocycles. The minimum absolute atomic E-state index is 0.0258. The normalized spacial score (nSPS) is 12.4. The highest BCUT2D eigenvalue weighted by Crippen LogP contribution is 2.11. The van der Waals surface area contributed by atoms with Crippen molar-refractivity contribution in [3.05, 3.63) is 23.7 Å². The molecular weight excluding hydrogens is 282 g/mol. The fraction of sp³-hybridized carbons (Fsp3) is 0.615. The number of rotatable bonds is 7. The first-order valence-corrected chi connectivity index (χ1v) is 7.21. The number of amides is 1. The van der Waals surface area contributed by atoms with Crippen molar-refractivity contribution in [3.63, 3.8) is 0 Å². The van der Waals surface area contributed by atoms with Crippen LogP contribution in [0.2, 0.25) is 0 Å². The molecule has 17 heavy (non-hydrogen) atoms. The van der Waals surface area contributed by atoms with E-state index in [1.54, 1.807) is 12.3 Å². The Morgan fingerprint density at radius 2 is 2.35 bits per heavy atom. The van der Waals surface area contributed by atoms with Gasteiger partial charge in [-0.2, -0.15) is 0 Å². The van der Waals surface area contributed by atoms with Gasteiger partial charge in [0.25, 0.3) is 5.91 Å². The maximum atomic E-state index is 11.8. The van der Waals surface area contributed by atoms with Crippen molar-refractivity contribution in [2.24, 2.45) is 5.92 Å². The molecule has 0 radical (unpaired) electrons. The standard InChI is InChI=1S/C13H20BrNO2/c1-3-12-11(6-8-17-12)13(16)15-7-4-5-10(2)9-14/h6,8,10H,3-5,7,9H2,1-2H3,(H,15,16). The molecule has 1 atom stereocenters. The van der Waals surface area contributed by atoms with Gasteiger partial charge in [-0.25, -0.2) is 0 Å². The first kappa shape index (κ1) is 14.3. The predicted octanol–water partition coefficient (Wildman–Crippen LogP) is 3.38. The summed E-state index contributed by atoms with van der Waals surface area (Å²) in [5.41, 5.74) is 0.668. The Labute approximate surface area is 111 Å². The first-order chi connectivity index (χ1) is 8.19. The number of carbonyl (C=O) groups excluding carboxylic acids is 1. The molecule has 0 saturated carbocycles. The predicted molar refractivity (Wildman–Crippen MR) is 72.6 cm³/mol. The topological polar surface area (TPSA) is 42.2 Å². The minimum Gasteiger partial charge on any atom is -0.469 e. The van der Waals surface area contributed by atoms with Gasteiger partial charge in [-0.1, -0.05) is 29.8 Å². The van der Waals surface area contributed by atoms with Crippen molar-refractivity contribution in [1.29, 1.82) is 0 Å². The zero-order valence-electron chi connectivity index (χ0n) is 10.5. The highest BCUT2D eigenvalue weighted by Gasteiger charge is 2.12. The highest BCUT2D eigenvalue weighted by atomic mass is 79.9. The Morgan fingerprint density at radius 3 is 3.00 bits per heavy atom. The number of furan rings is 1. The van der Waals surface area contributed by atoms with Crippen LogP contribution in [-0.2, 0) is 6.42 Å². The summed E-state index contributed by atoms with van der Waals surface area (Å²) in [6, 6.07) is 1.73. The molecule has 0 spiro atoms. The Hall–Kier alpha value is -0.770. The average Bonchev–Trinajstić information content (AvgIpc) is 2.82. The Bertz CT molecular complexity index is 349. The SMILES string of the molecule is CCc1occc1C(=O)NCCCC(C)CBr. The van der Waals surface area contributed by atoms with Gasteiger partial charge in [-0.3, -0.25) is 4.79 Å². The average molecular weight is 302 g/mol. The molecular formula is C13H20BrNO2. The van der Waals surface area contributed by atoms with Crippen LogP contribution in [0, 0.1) is 5.92 Å². The molecule has 0 aliphatic heterocycles. The second-order valence-corrected chi connectivity index (χ2v) is 4.92. The molecule has 0 aliphatic carbocycles. The minimum atomic E-state index is -0.0258. The van der Waals surface area contributed by atoms with Crippen LogP contribution in [0.3, 0.4) is 0 Å². The van der Waals surface area contributed by atoms with Gasteiger partial charge >= 0.3 is 0 Å². The molecule has 1 aromatic heterocycles. The van der Waals surface area contributed by atoms with Gasteiger partial charge in [-0.15, -0.1) is 0 Å². The summed E-state index contributed by atoms with van der Waals surface area (Å²) in [6.45, 7) is 4.90. The van der Waals surface area contributed by atoms with Gasteiger partial charge in [0.05, 0.1) is 11.8 Å². The third-order valence-corrected chi connectivity index (χ3v) is 3.84. The van der Waals surface area contributed by atoms with E-state index < -0.39 is 0 Å². The lowest BCUT2D eigenvalue weighted by molar-refractivity contribution is 0.0950. The monoisotopic (exact) mass is 301 g/mol. The zero-order chi connectivity index (χ0) is 12.7. The van der Waals surface area contributed by atoms with Crippen molar-refractivity contribution in [1.82, 2.24) is 5.32 Å². The summed E-state index contributed by atoms with van der Waals surface area (Å²) in [4.78, 5) is 11.8. The van der Waals surface area contributed by atoms with Crippen LogP contribution >= 0.6 is 15.9 Å². The fourth-order valence-electron chi connectivity index (χ4n) is 1.64. The lowest BCUT2D eigenvalue weighted by Gasteiger charge is -2.08. The fourth-order valence-corrected chi connectivity index (χ4v) is 1.97. The van der Waals surface area contributed by atoms with Gasteiger partial charge in [-0.05, 0) is 24.8 Å². The summed E-state index contributed by atoms with van der Waals surface area (Å²) < 4.78 is 5.23. The van der Waals surface area contributed by atoms with Crippen LogP contribution in [0.25, 0.3) is 0 Å². The van der Waals surface area contributed by atoms with E-state index in [1.807, 2.05) is 6.92 Å². The van der Waals surface area contributed by atoms with Gasteiger partial charge in [0.2, 0.25) is 0 Å². The lowest BCUT2D eigenvalue weighted by Crippen LogP contribution is -2.25. The van der Waals surface area contributed by atoms with Gasteiger partial charge in [0, 0.05) is 18.3 Å². The van der Waals surface area contributed by atoms with Crippen LogP contribution < -0.4 is 5.32 Å². The molecule has 0 fully saturated rings. The molecule has 96 valence electrons. The van der Waals surface area contributed by atoms with Crippen molar-refractivity contribution < 1.29 is 9.21 Å². The number of hydrogen-bond acceptors (Lipinski definition) is 2. The van der Waals surface area contributed by atoms with E-state index in [-0.39, 0.29) is 5.91 Å². The van der Waals surface area contributed by atoms with E-state index in [0.29, 0.717) is 11.5 Å². The number of nitrogens with one attached hydrogen (secondary N) is 1. The zero-order valence-corrected chi connectivity index (χ0v) is 12.0. The quantitative estimate of drug-likeness (QED) is 0.620. The number of carbonyl (C=O) groups is 1. The van der Waals surface area contributed by atoms with Crippen LogP contribution in [0.1, 0.15) is 42.8 Å². The molecule has 1 N–H and O–H groups in total. The van der Waals surface area contributed by atoms with Crippen LogP contribution in [0.5, 0.6) is 0 Å². The smallest absolute Gasteiger partial charge is 0.254 e. The Balaban J connectivity index is 2.30. The van der Waals surface area contributed by atoms with Gasteiger partial charge in [0.15, 0.2) is 0 Å². The maximum absolute atomic E-state index is 11.8. The molecule has 0 aromatic carbocycles. The van der Waals surface area contributed by atoms with Crippen molar-refractivity contribution >= 4 is 21.8 Å². The first-order valence-electron chi connectivity index (χ1n) is 6.09. The summed E-state index contributed by atoms with van der Waals surface area (Å²) in [6.07, 6.45) is 4.45. The molecule has 1 rings (SSSR count). The Kier molecular flexibility index (Phi) is 6.34. The number of alkyl halides is 1. The number of halogens is 1. The molecule has 1 unspecified atom stereocenters. The molecule has 3 nitrogen and oxygen atoms in total. The largest absolute Gasteiger partial charge is 0.469 e. The second kappa shape index (κ2) is 7.54. The van der Waals surface area contributed by atoms with E-state index >= 15 is 0 Å². The molecule has 1 amide bonds. The molecule has 4 heteroatoms. The van der Waals surface area contributed by atoms with E-state index in [4.69, 9.17) is 4.42 Å². The molecule has 0 bridgehead atoms. The Morgan fingerprint density at radius 1 is 1.59 bits per heavy atom. The highest BCUT2D eigenvalue weighted by molar-refractivity contribution is 9.09. The van der Waals surface area contributed by atoms with Crippen molar-refractivity contribution in [3.8, 4) is 0 Å². The lowest BCUT2D eigenvalue weighted by atomic mass is 10.1. The summed E-state index contributed by atoms with van der Waals surface area (Å²) in [5, 5.41) is 3.94. The van der Waals surface area contributed by atoms with Gasteiger partial charge in [0.1, 0.15) is 5.76 Å². The molecule has 1 heterocycles. The van der Waals surface area contributed by atoms with E-state index in [0.717, 1.165) is 36.9 Å². The van der Waals surface area contributed by atoms with E-state index in [2.05, 4.69) is 28.2 Å². The maximum Gasteiger partial charge on any atom is 0.254 e.